The molecule has 1 aliphatic carbocycles. The van der Waals surface area contributed by atoms with Crippen molar-refractivity contribution in [3.05, 3.63) is 54.6 Å². The maximum absolute atomic E-state index is 13.5. The summed E-state index contributed by atoms with van der Waals surface area (Å²) in [6.45, 7) is 0. The average molecular weight is 405 g/mol. The summed E-state index contributed by atoms with van der Waals surface area (Å²) in [4.78, 5) is 5.35. The predicted molar refractivity (Wildman–Crippen MR) is 108 cm³/mol. The minimum Gasteiger partial charge on any atom is -0.224 e. The van der Waals surface area contributed by atoms with Gasteiger partial charge in [-0.3, -0.25) is 0 Å². The van der Waals surface area contributed by atoms with E-state index in [4.69, 9.17) is 0 Å². The maximum atomic E-state index is 13.5. The van der Waals surface area contributed by atoms with Crippen LogP contribution in [0.3, 0.4) is 0 Å². The van der Waals surface area contributed by atoms with Crippen molar-refractivity contribution in [3.8, 4) is 0 Å². The zero-order valence-electron chi connectivity index (χ0n) is 14.2. The van der Waals surface area contributed by atoms with Crippen molar-refractivity contribution in [1.29, 1.82) is 0 Å². The molecule has 4 rings (SSSR count). The number of thiazole rings is 1. The number of hydrogen-bond acceptors (Lipinski definition) is 5. The molecular formula is C19H20N2O2S3. The van der Waals surface area contributed by atoms with Gasteiger partial charge in [0.05, 0.1) is 10.2 Å². The van der Waals surface area contributed by atoms with Gasteiger partial charge in [-0.2, -0.15) is 0 Å². The normalized spacial score (nSPS) is 16.3. The first kappa shape index (κ1) is 18.0. The van der Waals surface area contributed by atoms with Crippen LogP contribution in [0.4, 0.5) is 0 Å². The van der Waals surface area contributed by atoms with E-state index in [1.807, 2.05) is 54.6 Å². The van der Waals surface area contributed by atoms with Gasteiger partial charge < -0.3 is 0 Å². The summed E-state index contributed by atoms with van der Waals surface area (Å²) in [7, 11) is -3.66. The van der Waals surface area contributed by atoms with Crippen molar-refractivity contribution >= 4 is 43.5 Å². The molecule has 0 spiro atoms. The second kappa shape index (κ2) is 7.68. The Hall–Kier alpha value is -1.41. The van der Waals surface area contributed by atoms with Crippen LogP contribution < -0.4 is 0 Å². The fourth-order valence-electron chi connectivity index (χ4n) is 3.24. The van der Waals surface area contributed by atoms with E-state index in [-0.39, 0.29) is 10.4 Å². The lowest BCUT2D eigenvalue weighted by Crippen LogP contribution is -2.36. The van der Waals surface area contributed by atoms with E-state index < -0.39 is 10.0 Å². The second-order valence-electron chi connectivity index (χ2n) is 6.40. The fraction of sp³-hybridized carbons (Fsp3) is 0.316. The van der Waals surface area contributed by atoms with Crippen LogP contribution in [0.15, 0.2) is 63.8 Å². The van der Waals surface area contributed by atoms with Gasteiger partial charge >= 0.3 is 0 Å². The van der Waals surface area contributed by atoms with Crippen LogP contribution in [0, 0.1) is 0 Å². The molecule has 0 N–H and O–H groups in total. The van der Waals surface area contributed by atoms with E-state index in [2.05, 4.69) is 4.98 Å². The quantitative estimate of drug-likeness (QED) is 0.540. The number of benzene rings is 2. The van der Waals surface area contributed by atoms with Gasteiger partial charge in [0.25, 0.3) is 10.0 Å². The number of para-hydroxylation sites is 1. The van der Waals surface area contributed by atoms with Gasteiger partial charge in [-0.15, -0.1) is 15.0 Å². The number of fused-ring (bicyclic) bond motifs is 1. The van der Waals surface area contributed by atoms with E-state index in [9.17, 15) is 8.42 Å². The molecule has 136 valence electrons. The van der Waals surface area contributed by atoms with Crippen molar-refractivity contribution in [2.75, 3.05) is 0 Å². The molecule has 1 aliphatic rings. The Morgan fingerprint density at radius 3 is 2.38 bits per heavy atom. The summed E-state index contributed by atoms with van der Waals surface area (Å²) < 4.78 is 29.6. The largest absolute Gasteiger partial charge is 0.280 e. The highest BCUT2D eigenvalue weighted by Crippen LogP contribution is 2.38. The molecule has 4 nitrogen and oxygen atoms in total. The molecule has 1 fully saturated rings. The summed E-state index contributed by atoms with van der Waals surface area (Å²) in [5.41, 5.74) is 0.740. The molecule has 0 atom stereocenters. The van der Waals surface area contributed by atoms with Gasteiger partial charge in [-0.05, 0) is 49.1 Å². The molecule has 0 radical (unpaired) electrons. The Balaban J connectivity index is 1.73. The van der Waals surface area contributed by atoms with Crippen molar-refractivity contribution in [2.24, 2.45) is 0 Å². The Bertz CT molecular complexity index is 947. The zero-order chi connectivity index (χ0) is 18.0. The molecule has 0 aliphatic heterocycles. The highest BCUT2D eigenvalue weighted by molar-refractivity contribution is 8.09. The molecule has 0 saturated heterocycles. The van der Waals surface area contributed by atoms with E-state index in [1.165, 1.54) is 29.7 Å². The summed E-state index contributed by atoms with van der Waals surface area (Å²) in [5.74, 6) is 0. The minimum atomic E-state index is -3.66. The third kappa shape index (κ3) is 3.67. The molecule has 0 bridgehead atoms. The number of nitrogens with zero attached hydrogens (tertiary/aromatic N) is 2. The predicted octanol–water partition coefficient (Wildman–Crippen LogP) is 5.33. The molecule has 3 aromatic rings. The Morgan fingerprint density at radius 2 is 1.65 bits per heavy atom. The number of hydrogen-bond donors (Lipinski definition) is 0. The zero-order valence-corrected chi connectivity index (χ0v) is 16.7. The van der Waals surface area contributed by atoms with Crippen LogP contribution in [-0.2, 0) is 10.0 Å². The van der Waals surface area contributed by atoms with Gasteiger partial charge in [0.2, 0.25) is 4.34 Å². The van der Waals surface area contributed by atoms with E-state index in [1.54, 1.807) is 3.71 Å². The first-order chi connectivity index (χ1) is 12.6. The van der Waals surface area contributed by atoms with Crippen LogP contribution in [0.1, 0.15) is 32.1 Å². The van der Waals surface area contributed by atoms with E-state index >= 15 is 0 Å². The maximum Gasteiger partial charge on any atom is 0.280 e. The molecular weight excluding hydrogens is 384 g/mol. The average Bonchev–Trinajstić information content (AvgIpc) is 3.13. The number of sulfonamides is 1. The molecule has 26 heavy (non-hydrogen) atoms. The van der Waals surface area contributed by atoms with Crippen LogP contribution in [0.5, 0.6) is 0 Å². The Morgan fingerprint density at radius 1 is 0.962 bits per heavy atom. The third-order valence-electron chi connectivity index (χ3n) is 4.54. The SMILES string of the molecule is O=S(=O)(c1nc2ccccc2s1)N(Sc1ccccc1)C1CCCCC1. The van der Waals surface area contributed by atoms with E-state index in [0.29, 0.717) is 0 Å². The second-order valence-corrected chi connectivity index (χ2v) is 10.7. The Labute approximate surface area is 162 Å². The Kier molecular flexibility index (Phi) is 5.31. The minimum absolute atomic E-state index is 0.0194. The summed E-state index contributed by atoms with van der Waals surface area (Å²) >= 11 is 2.57. The van der Waals surface area contributed by atoms with Crippen molar-refractivity contribution in [2.45, 2.75) is 47.4 Å². The summed E-state index contributed by atoms with van der Waals surface area (Å²) in [5, 5.41) is 0. The van der Waals surface area contributed by atoms with Gasteiger partial charge in [0.1, 0.15) is 0 Å². The highest BCUT2D eigenvalue weighted by Gasteiger charge is 2.35. The number of aromatic nitrogens is 1. The van der Waals surface area contributed by atoms with Gasteiger partial charge in [-0.1, -0.05) is 49.6 Å². The molecule has 1 saturated carbocycles. The van der Waals surface area contributed by atoms with E-state index in [0.717, 1.165) is 40.8 Å². The van der Waals surface area contributed by atoms with Crippen molar-refractivity contribution in [3.63, 3.8) is 0 Å². The van der Waals surface area contributed by atoms with Gasteiger partial charge in [0.15, 0.2) is 0 Å². The molecule has 1 heterocycles. The van der Waals surface area contributed by atoms with Gasteiger partial charge in [0, 0.05) is 10.9 Å². The van der Waals surface area contributed by atoms with Crippen molar-refractivity contribution < 1.29 is 8.42 Å². The molecule has 1 aromatic heterocycles. The summed E-state index contributed by atoms with van der Waals surface area (Å²) in [6, 6.07) is 17.3. The fourth-order valence-corrected chi connectivity index (χ4v) is 7.69. The lowest BCUT2D eigenvalue weighted by Gasteiger charge is -2.31. The molecule has 7 heteroatoms. The number of rotatable bonds is 5. The third-order valence-corrected chi connectivity index (χ3v) is 9.33. The first-order valence-electron chi connectivity index (χ1n) is 8.77. The monoisotopic (exact) mass is 404 g/mol. The van der Waals surface area contributed by atoms with Crippen molar-refractivity contribution in [1.82, 2.24) is 8.69 Å². The molecule has 0 unspecified atom stereocenters. The van der Waals surface area contributed by atoms with Crippen LogP contribution in [0.2, 0.25) is 0 Å². The topological polar surface area (TPSA) is 50.3 Å². The molecule has 2 aromatic carbocycles. The van der Waals surface area contributed by atoms with Crippen LogP contribution in [0.25, 0.3) is 10.2 Å². The lowest BCUT2D eigenvalue weighted by molar-refractivity contribution is 0.345. The van der Waals surface area contributed by atoms with Crippen LogP contribution in [-0.4, -0.2) is 23.2 Å². The molecule has 0 amide bonds. The first-order valence-corrected chi connectivity index (χ1v) is 11.8. The lowest BCUT2D eigenvalue weighted by atomic mass is 9.96. The van der Waals surface area contributed by atoms with Gasteiger partial charge in [-0.25, -0.2) is 13.4 Å². The van der Waals surface area contributed by atoms with Crippen LogP contribution >= 0.6 is 23.3 Å². The standard InChI is InChI=1S/C19H20N2O2S3/c22-26(23,19-20-17-13-7-8-14-18(17)24-19)21(15-9-3-1-4-10-15)25-16-11-5-2-6-12-16/h2,5-8,11-15H,1,3-4,9-10H2. The summed E-state index contributed by atoms with van der Waals surface area (Å²) in [6.07, 6.45) is 5.15. The highest BCUT2D eigenvalue weighted by atomic mass is 32.3. The smallest absolute Gasteiger partial charge is 0.224 e.